The summed E-state index contributed by atoms with van der Waals surface area (Å²) in [5, 5.41) is 1.18. The van der Waals surface area contributed by atoms with Gasteiger partial charge in [-0.2, -0.15) is 0 Å². The van der Waals surface area contributed by atoms with Gasteiger partial charge in [-0.25, -0.2) is 0 Å². The van der Waals surface area contributed by atoms with Gasteiger partial charge in [-0.05, 0) is 18.9 Å². The minimum Gasteiger partial charge on any atom is -0.320 e. The Morgan fingerprint density at radius 1 is 1.25 bits per heavy atom. The van der Waals surface area contributed by atoms with Gasteiger partial charge in [0, 0.05) is 18.0 Å². The Hall–Kier alpha value is -1.22. The molecular weight excluding hydrogens is 216 g/mol. The Morgan fingerprint density at radius 3 is 2.88 bits per heavy atom. The lowest BCUT2D eigenvalue weighted by Gasteiger charge is -2.25. The second-order valence-electron chi connectivity index (χ2n) is 4.04. The Kier molecular flexibility index (Phi) is 2.48. The van der Waals surface area contributed by atoms with Crippen molar-refractivity contribution >= 4 is 22.6 Å². The topological polar surface area (TPSA) is 15.6 Å². The molecular formula is C13H14N2S. The van der Waals surface area contributed by atoms with Gasteiger partial charge in [0.05, 0.1) is 5.70 Å². The van der Waals surface area contributed by atoms with Crippen LogP contribution in [0.3, 0.4) is 0 Å². The van der Waals surface area contributed by atoms with Crippen molar-refractivity contribution in [2.45, 2.75) is 13.3 Å². The molecule has 0 aliphatic carbocycles. The van der Waals surface area contributed by atoms with Gasteiger partial charge in [0.1, 0.15) is 0 Å². The summed E-state index contributed by atoms with van der Waals surface area (Å²) in [6, 6.07) is 10.6. The van der Waals surface area contributed by atoms with Crippen molar-refractivity contribution in [2.24, 2.45) is 4.99 Å². The van der Waals surface area contributed by atoms with Crippen LogP contribution in [0.15, 0.2) is 40.2 Å². The van der Waals surface area contributed by atoms with Gasteiger partial charge in [0.25, 0.3) is 0 Å². The second kappa shape index (κ2) is 3.98. The minimum atomic E-state index is 0.980. The first kappa shape index (κ1) is 9.97. The third kappa shape index (κ3) is 1.55. The molecule has 82 valence electrons. The number of hydrogen-bond acceptors (Lipinski definition) is 3. The largest absolute Gasteiger partial charge is 0.320 e. The molecule has 0 radical (unpaired) electrons. The zero-order valence-electron chi connectivity index (χ0n) is 9.31. The lowest BCUT2D eigenvalue weighted by Crippen LogP contribution is -2.28. The van der Waals surface area contributed by atoms with Crippen LogP contribution >= 0.6 is 11.8 Å². The highest BCUT2D eigenvalue weighted by atomic mass is 32.2. The Morgan fingerprint density at radius 2 is 2.06 bits per heavy atom. The summed E-state index contributed by atoms with van der Waals surface area (Å²) in [6.45, 7) is 4.27. The van der Waals surface area contributed by atoms with Crippen LogP contribution in [-0.2, 0) is 0 Å². The van der Waals surface area contributed by atoms with Crippen molar-refractivity contribution in [1.29, 1.82) is 0 Å². The van der Waals surface area contributed by atoms with Crippen LogP contribution in [0.1, 0.15) is 18.9 Å². The zero-order valence-corrected chi connectivity index (χ0v) is 10.1. The van der Waals surface area contributed by atoms with E-state index in [1.807, 2.05) is 11.8 Å². The van der Waals surface area contributed by atoms with E-state index < -0.39 is 0 Å². The number of thioether (sulfide) groups is 1. The summed E-state index contributed by atoms with van der Waals surface area (Å²) in [6.07, 6.45) is 1.16. The van der Waals surface area contributed by atoms with Gasteiger partial charge in [-0.15, -0.1) is 0 Å². The maximum absolute atomic E-state index is 4.58. The number of allylic oxidation sites excluding steroid dienone is 1. The SMILES string of the molecule is CC1=C(c2ccccc2)N2CCCN=C2S1. The lowest BCUT2D eigenvalue weighted by molar-refractivity contribution is 0.541. The van der Waals surface area contributed by atoms with Gasteiger partial charge in [-0.1, -0.05) is 42.1 Å². The van der Waals surface area contributed by atoms with Crippen LogP contribution in [-0.4, -0.2) is 23.2 Å². The molecule has 16 heavy (non-hydrogen) atoms. The average Bonchev–Trinajstić information content (AvgIpc) is 2.66. The molecule has 1 aromatic rings. The van der Waals surface area contributed by atoms with Crippen molar-refractivity contribution in [3.8, 4) is 0 Å². The van der Waals surface area contributed by atoms with Crippen LogP contribution in [0.25, 0.3) is 5.70 Å². The Bertz CT molecular complexity index is 462. The van der Waals surface area contributed by atoms with E-state index in [2.05, 4.69) is 47.1 Å². The molecule has 0 amide bonds. The smallest absolute Gasteiger partial charge is 0.168 e. The van der Waals surface area contributed by atoms with Crippen molar-refractivity contribution in [3.63, 3.8) is 0 Å². The molecule has 0 saturated heterocycles. The van der Waals surface area contributed by atoms with Crippen LogP contribution < -0.4 is 0 Å². The molecule has 0 saturated carbocycles. The summed E-state index contributed by atoms with van der Waals surface area (Å²) in [5.74, 6) is 0. The first-order valence-electron chi connectivity index (χ1n) is 5.62. The second-order valence-corrected chi connectivity index (χ2v) is 5.22. The summed E-state index contributed by atoms with van der Waals surface area (Å²) < 4.78 is 0. The molecule has 3 heteroatoms. The van der Waals surface area contributed by atoms with E-state index in [1.54, 1.807) is 0 Å². The lowest BCUT2D eigenvalue weighted by atomic mass is 10.1. The molecule has 2 nitrogen and oxygen atoms in total. The number of fused-ring (bicyclic) bond motifs is 1. The summed E-state index contributed by atoms with van der Waals surface area (Å²) >= 11 is 1.81. The molecule has 0 unspecified atom stereocenters. The molecule has 2 aliphatic rings. The highest BCUT2D eigenvalue weighted by Gasteiger charge is 2.29. The molecule has 0 fully saturated rings. The van der Waals surface area contributed by atoms with Crippen LogP contribution in [0, 0.1) is 0 Å². The van der Waals surface area contributed by atoms with Crippen LogP contribution in [0.5, 0.6) is 0 Å². The van der Waals surface area contributed by atoms with Crippen LogP contribution in [0.2, 0.25) is 0 Å². The van der Waals surface area contributed by atoms with E-state index in [-0.39, 0.29) is 0 Å². The third-order valence-electron chi connectivity index (χ3n) is 2.91. The van der Waals surface area contributed by atoms with E-state index >= 15 is 0 Å². The van der Waals surface area contributed by atoms with Crippen molar-refractivity contribution in [3.05, 3.63) is 40.8 Å². The number of nitrogens with zero attached hydrogens (tertiary/aromatic N) is 2. The molecule has 0 N–H and O–H groups in total. The van der Waals surface area contributed by atoms with E-state index in [9.17, 15) is 0 Å². The maximum atomic E-state index is 4.58. The predicted octanol–water partition coefficient (Wildman–Crippen LogP) is 3.18. The van der Waals surface area contributed by atoms with Gasteiger partial charge >= 0.3 is 0 Å². The fraction of sp³-hybridized carbons (Fsp3) is 0.308. The van der Waals surface area contributed by atoms with Gasteiger partial charge in [-0.3, -0.25) is 4.99 Å². The van der Waals surface area contributed by atoms with E-state index in [1.165, 1.54) is 21.3 Å². The highest BCUT2D eigenvalue weighted by Crippen LogP contribution is 2.40. The molecule has 3 rings (SSSR count). The number of rotatable bonds is 1. The molecule has 0 aromatic heterocycles. The normalized spacial score (nSPS) is 19.8. The van der Waals surface area contributed by atoms with Crippen LogP contribution in [0.4, 0.5) is 0 Å². The molecule has 0 spiro atoms. The van der Waals surface area contributed by atoms with Gasteiger partial charge in [0.15, 0.2) is 5.17 Å². The minimum absolute atomic E-state index is 0.980. The molecule has 1 aromatic carbocycles. The standard InChI is InChI=1S/C13H14N2S/c1-10-12(11-6-3-2-4-7-11)15-9-5-8-14-13(15)16-10/h2-4,6-7H,5,8-9H2,1H3. The summed E-state index contributed by atoms with van der Waals surface area (Å²) in [7, 11) is 0. The Labute approximate surface area is 100 Å². The first-order chi connectivity index (χ1) is 7.86. The zero-order chi connectivity index (χ0) is 11.0. The number of hydrogen-bond donors (Lipinski definition) is 0. The number of amidine groups is 1. The third-order valence-corrected chi connectivity index (χ3v) is 3.94. The predicted molar refractivity (Wildman–Crippen MR) is 70.3 cm³/mol. The van der Waals surface area contributed by atoms with E-state index in [0.29, 0.717) is 0 Å². The van der Waals surface area contributed by atoms with Gasteiger partial charge in [0.2, 0.25) is 0 Å². The first-order valence-corrected chi connectivity index (χ1v) is 6.44. The van der Waals surface area contributed by atoms with Crippen molar-refractivity contribution in [1.82, 2.24) is 4.90 Å². The summed E-state index contributed by atoms with van der Waals surface area (Å²) in [4.78, 5) is 8.31. The van der Waals surface area contributed by atoms with E-state index in [4.69, 9.17) is 0 Å². The van der Waals surface area contributed by atoms with Crippen molar-refractivity contribution < 1.29 is 0 Å². The molecule has 0 atom stereocenters. The molecule has 2 heterocycles. The van der Waals surface area contributed by atoms with Crippen molar-refractivity contribution in [2.75, 3.05) is 13.1 Å². The maximum Gasteiger partial charge on any atom is 0.168 e. The summed E-state index contributed by atoms with van der Waals surface area (Å²) in [5.41, 5.74) is 2.66. The Balaban J connectivity index is 2.04. The number of benzene rings is 1. The van der Waals surface area contributed by atoms with Gasteiger partial charge < -0.3 is 4.90 Å². The number of aliphatic imine (C=N–C) groups is 1. The van der Waals surface area contributed by atoms with E-state index in [0.717, 1.165) is 19.5 Å². The highest BCUT2D eigenvalue weighted by molar-refractivity contribution is 8.17. The monoisotopic (exact) mass is 230 g/mol. The fourth-order valence-corrected chi connectivity index (χ4v) is 3.26. The fourth-order valence-electron chi connectivity index (χ4n) is 2.21. The molecule has 0 bridgehead atoms. The average molecular weight is 230 g/mol. The quantitative estimate of drug-likeness (QED) is 0.736. The molecule has 2 aliphatic heterocycles.